The van der Waals surface area contributed by atoms with E-state index >= 15 is 0 Å². The summed E-state index contributed by atoms with van der Waals surface area (Å²) in [6.45, 7) is 10.7. The number of nitrogens with two attached hydrogens (primary N) is 1. The molecular weight excluding hydrogens is 246 g/mol. The third-order valence-electron chi connectivity index (χ3n) is 5.55. The molecule has 2 aliphatic rings. The van der Waals surface area contributed by atoms with E-state index in [9.17, 15) is 0 Å². The minimum absolute atomic E-state index is 0.714. The van der Waals surface area contributed by atoms with Gasteiger partial charge in [-0.25, -0.2) is 0 Å². The van der Waals surface area contributed by atoms with E-state index in [1.165, 1.54) is 64.7 Å². The predicted octanol–water partition coefficient (Wildman–Crippen LogP) is 2.70. The summed E-state index contributed by atoms with van der Waals surface area (Å²) in [5, 5.41) is 0. The van der Waals surface area contributed by atoms with Crippen LogP contribution in [-0.4, -0.2) is 54.6 Å². The zero-order valence-corrected chi connectivity index (χ0v) is 13.7. The lowest BCUT2D eigenvalue weighted by Crippen LogP contribution is -2.42. The van der Waals surface area contributed by atoms with E-state index in [1.807, 2.05) is 0 Å². The number of rotatable bonds is 5. The molecule has 3 nitrogen and oxygen atoms in total. The van der Waals surface area contributed by atoms with Crippen molar-refractivity contribution in [3.63, 3.8) is 0 Å². The molecule has 0 aromatic heterocycles. The molecule has 2 N–H and O–H groups in total. The Balaban J connectivity index is 1.82. The van der Waals surface area contributed by atoms with Crippen LogP contribution in [0.25, 0.3) is 0 Å². The molecule has 0 spiro atoms. The van der Waals surface area contributed by atoms with Crippen molar-refractivity contribution in [3.8, 4) is 0 Å². The van der Waals surface area contributed by atoms with Gasteiger partial charge in [0, 0.05) is 25.2 Å². The largest absolute Gasteiger partial charge is 0.330 e. The van der Waals surface area contributed by atoms with Gasteiger partial charge in [-0.05, 0) is 70.5 Å². The molecule has 0 bridgehead atoms. The van der Waals surface area contributed by atoms with Crippen LogP contribution in [0.1, 0.15) is 58.8 Å². The minimum atomic E-state index is 0.714. The van der Waals surface area contributed by atoms with Crippen LogP contribution in [0.5, 0.6) is 0 Å². The topological polar surface area (TPSA) is 32.5 Å². The first-order valence-electron chi connectivity index (χ1n) is 8.92. The molecule has 1 saturated heterocycles. The smallest absolute Gasteiger partial charge is 0.0112 e. The lowest BCUT2D eigenvalue weighted by Gasteiger charge is -2.36. The zero-order valence-electron chi connectivity index (χ0n) is 13.7. The molecule has 1 heterocycles. The van der Waals surface area contributed by atoms with Crippen molar-refractivity contribution < 1.29 is 0 Å². The second-order valence-electron chi connectivity index (χ2n) is 6.98. The van der Waals surface area contributed by atoms with Crippen LogP contribution < -0.4 is 5.73 Å². The maximum atomic E-state index is 5.77. The molecule has 0 radical (unpaired) electrons. The van der Waals surface area contributed by atoms with Gasteiger partial charge in [-0.2, -0.15) is 0 Å². The molecule has 0 amide bonds. The molecule has 118 valence electrons. The van der Waals surface area contributed by atoms with Crippen molar-refractivity contribution >= 4 is 0 Å². The predicted molar refractivity (Wildman–Crippen MR) is 86.9 cm³/mol. The first-order chi connectivity index (χ1) is 9.74. The molecule has 3 heteroatoms. The Hall–Kier alpha value is -0.120. The summed E-state index contributed by atoms with van der Waals surface area (Å²) < 4.78 is 0. The fourth-order valence-corrected chi connectivity index (χ4v) is 4.13. The van der Waals surface area contributed by atoms with E-state index in [0.29, 0.717) is 6.04 Å². The van der Waals surface area contributed by atoms with Gasteiger partial charge in [-0.1, -0.05) is 13.8 Å². The van der Waals surface area contributed by atoms with Gasteiger partial charge >= 0.3 is 0 Å². The fraction of sp³-hybridized carbons (Fsp3) is 1.00. The summed E-state index contributed by atoms with van der Waals surface area (Å²) in [5.74, 6) is 0.962. The second-order valence-corrected chi connectivity index (χ2v) is 6.98. The van der Waals surface area contributed by atoms with Crippen LogP contribution in [0.15, 0.2) is 0 Å². The fourth-order valence-electron chi connectivity index (χ4n) is 4.13. The van der Waals surface area contributed by atoms with E-state index in [-0.39, 0.29) is 0 Å². The van der Waals surface area contributed by atoms with Gasteiger partial charge in [-0.3, -0.25) is 9.80 Å². The average molecular weight is 281 g/mol. The van der Waals surface area contributed by atoms with Crippen LogP contribution in [-0.2, 0) is 0 Å². The summed E-state index contributed by atoms with van der Waals surface area (Å²) in [6, 6.07) is 1.59. The highest BCUT2D eigenvalue weighted by atomic mass is 15.2. The normalized spacial score (nSPS) is 31.9. The molecule has 1 aliphatic carbocycles. The summed E-state index contributed by atoms with van der Waals surface area (Å²) in [5.41, 5.74) is 5.77. The Kier molecular flexibility index (Phi) is 6.79. The van der Waals surface area contributed by atoms with Crippen molar-refractivity contribution in [2.75, 3.05) is 32.7 Å². The molecule has 1 atom stereocenters. The van der Waals surface area contributed by atoms with E-state index in [1.54, 1.807) is 0 Å². The SMILES string of the molecule is CCC(CCN)N1CCCN(C2CCC(C)CC2)CC1. The molecule has 1 unspecified atom stereocenters. The Morgan fingerprint density at radius 1 is 1.05 bits per heavy atom. The summed E-state index contributed by atoms with van der Waals surface area (Å²) >= 11 is 0. The van der Waals surface area contributed by atoms with Gasteiger partial charge in [0.05, 0.1) is 0 Å². The van der Waals surface area contributed by atoms with Crippen molar-refractivity contribution in [2.24, 2.45) is 11.7 Å². The molecule has 2 fully saturated rings. The minimum Gasteiger partial charge on any atom is -0.330 e. The van der Waals surface area contributed by atoms with Crippen molar-refractivity contribution in [2.45, 2.75) is 70.9 Å². The Morgan fingerprint density at radius 2 is 1.80 bits per heavy atom. The van der Waals surface area contributed by atoms with Gasteiger partial charge in [0.1, 0.15) is 0 Å². The van der Waals surface area contributed by atoms with E-state index in [0.717, 1.165) is 24.9 Å². The Bertz CT molecular complexity index is 261. The first-order valence-corrected chi connectivity index (χ1v) is 8.92. The maximum Gasteiger partial charge on any atom is 0.0112 e. The van der Waals surface area contributed by atoms with Crippen LogP contribution in [0, 0.1) is 5.92 Å². The monoisotopic (exact) mass is 281 g/mol. The van der Waals surface area contributed by atoms with Gasteiger partial charge < -0.3 is 5.73 Å². The van der Waals surface area contributed by atoms with Crippen molar-refractivity contribution in [1.82, 2.24) is 9.80 Å². The zero-order chi connectivity index (χ0) is 14.4. The van der Waals surface area contributed by atoms with Crippen LogP contribution in [0.4, 0.5) is 0 Å². The van der Waals surface area contributed by atoms with Crippen LogP contribution in [0.3, 0.4) is 0 Å². The van der Waals surface area contributed by atoms with Crippen LogP contribution in [0.2, 0.25) is 0 Å². The molecule has 2 rings (SSSR count). The quantitative estimate of drug-likeness (QED) is 0.841. The standard InChI is InChI=1S/C17H35N3/c1-3-16(9-10-18)19-11-4-12-20(14-13-19)17-7-5-15(2)6-8-17/h15-17H,3-14,18H2,1-2H3. The second kappa shape index (κ2) is 8.35. The molecule has 0 aromatic rings. The van der Waals surface area contributed by atoms with Crippen molar-refractivity contribution in [3.05, 3.63) is 0 Å². The van der Waals surface area contributed by atoms with Gasteiger partial charge in [0.2, 0.25) is 0 Å². The van der Waals surface area contributed by atoms with Gasteiger partial charge in [0.15, 0.2) is 0 Å². The number of hydrogen-bond donors (Lipinski definition) is 1. The first kappa shape index (κ1) is 16.3. The third-order valence-corrected chi connectivity index (χ3v) is 5.55. The average Bonchev–Trinajstić information content (AvgIpc) is 2.71. The van der Waals surface area contributed by atoms with Crippen molar-refractivity contribution in [1.29, 1.82) is 0 Å². The highest BCUT2D eigenvalue weighted by molar-refractivity contribution is 4.82. The third kappa shape index (κ3) is 4.44. The molecule has 1 aliphatic heterocycles. The van der Waals surface area contributed by atoms with E-state index in [2.05, 4.69) is 23.6 Å². The number of nitrogens with zero attached hydrogens (tertiary/aromatic N) is 2. The van der Waals surface area contributed by atoms with Crippen LogP contribution >= 0.6 is 0 Å². The lowest BCUT2D eigenvalue weighted by atomic mass is 9.86. The lowest BCUT2D eigenvalue weighted by molar-refractivity contribution is 0.135. The van der Waals surface area contributed by atoms with E-state index in [4.69, 9.17) is 5.73 Å². The Labute approximate surface area is 125 Å². The van der Waals surface area contributed by atoms with Gasteiger partial charge in [-0.15, -0.1) is 0 Å². The summed E-state index contributed by atoms with van der Waals surface area (Å²) in [6.07, 6.45) is 9.50. The van der Waals surface area contributed by atoms with E-state index < -0.39 is 0 Å². The summed E-state index contributed by atoms with van der Waals surface area (Å²) in [7, 11) is 0. The Morgan fingerprint density at radius 3 is 2.45 bits per heavy atom. The maximum absolute atomic E-state index is 5.77. The van der Waals surface area contributed by atoms with Gasteiger partial charge in [0.25, 0.3) is 0 Å². The number of hydrogen-bond acceptors (Lipinski definition) is 3. The highest BCUT2D eigenvalue weighted by Crippen LogP contribution is 2.28. The molecule has 1 saturated carbocycles. The molecule has 0 aromatic carbocycles. The molecular formula is C17H35N3. The highest BCUT2D eigenvalue weighted by Gasteiger charge is 2.27. The molecule has 20 heavy (non-hydrogen) atoms. The summed E-state index contributed by atoms with van der Waals surface area (Å²) in [4.78, 5) is 5.50.